The van der Waals surface area contributed by atoms with E-state index >= 15 is 0 Å². The zero-order chi connectivity index (χ0) is 16.2. The normalized spacial score (nSPS) is 29.4. The number of fused-ring (bicyclic) bond motifs is 1. The molecule has 0 spiro atoms. The van der Waals surface area contributed by atoms with E-state index in [9.17, 15) is 4.79 Å². The molecule has 126 valence electrons. The highest BCUT2D eigenvalue weighted by atomic mass is 28.4. The average molecular weight is 324 g/mol. The van der Waals surface area contributed by atoms with Gasteiger partial charge in [-0.25, -0.2) is 0 Å². The SMILES string of the molecule is CC/C=C/[C@@H]1[C@H](O[Si](CC)(CC)CC)CCN2C(=O)CC[C@@H]12. The van der Waals surface area contributed by atoms with Gasteiger partial charge < -0.3 is 9.33 Å². The number of carbonyl (C=O) groups excluding carboxylic acids is 1. The fourth-order valence-electron chi connectivity index (χ4n) is 4.16. The minimum absolute atomic E-state index is 0.321. The summed E-state index contributed by atoms with van der Waals surface area (Å²) in [5.74, 6) is 0.750. The van der Waals surface area contributed by atoms with Crippen LogP contribution in [-0.4, -0.2) is 37.8 Å². The van der Waals surface area contributed by atoms with Crippen LogP contribution in [0.2, 0.25) is 18.1 Å². The molecule has 0 N–H and O–H groups in total. The molecule has 22 heavy (non-hydrogen) atoms. The predicted octanol–water partition coefficient (Wildman–Crippen LogP) is 4.35. The summed E-state index contributed by atoms with van der Waals surface area (Å²) in [7, 11) is -1.58. The van der Waals surface area contributed by atoms with Gasteiger partial charge in [-0.1, -0.05) is 39.8 Å². The Hall–Kier alpha value is -0.613. The highest BCUT2D eigenvalue weighted by Gasteiger charge is 2.45. The number of hydrogen-bond acceptors (Lipinski definition) is 2. The number of amides is 1. The molecule has 2 aliphatic heterocycles. The Morgan fingerprint density at radius 2 is 1.86 bits per heavy atom. The van der Waals surface area contributed by atoms with Crippen molar-refractivity contribution in [3.63, 3.8) is 0 Å². The van der Waals surface area contributed by atoms with Gasteiger partial charge in [-0.2, -0.15) is 0 Å². The Balaban J connectivity index is 2.18. The number of piperidine rings is 1. The predicted molar refractivity (Wildman–Crippen MR) is 94.3 cm³/mol. The highest BCUT2D eigenvalue weighted by Crippen LogP contribution is 2.37. The molecule has 3 nitrogen and oxygen atoms in total. The maximum absolute atomic E-state index is 12.1. The van der Waals surface area contributed by atoms with E-state index in [-0.39, 0.29) is 0 Å². The van der Waals surface area contributed by atoms with Gasteiger partial charge in [-0.3, -0.25) is 4.79 Å². The van der Waals surface area contributed by atoms with Crippen molar-refractivity contribution in [2.24, 2.45) is 5.92 Å². The van der Waals surface area contributed by atoms with E-state index in [0.29, 0.717) is 24.0 Å². The van der Waals surface area contributed by atoms with E-state index in [1.165, 1.54) is 18.1 Å². The summed E-state index contributed by atoms with van der Waals surface area (Å²) in [6, 6.07) is 3.99. The summed E-state index contributed by atoms with van der Waals surface area (Å²) >= 11 is 0. The van der Waals surface area contributed by atoms with Gasteiger partial charge in [0.05, 0.1) is 6.10 Å². The molecule has 2 heterocycles. The maximum Gasteiger partial charge on any atom is 0.222 e. The van der Waals surface area contributed by atoms with Crippen LogP contribution in [0.15, 0.2) is 12.2 Å². The molecule has 4 heteroatoms. The summed E-state index contributed by atoms with van der Waals surface area (Å²) in [5.41, 5.74) is 0. The Morgan fingerprint density at radius 1 is 1.18 bits per heavy atom. The van der Waals surface area contributed by atoms with Crippen molar-refractivity contribution >= 4 is 14.2 Å². The number of hydrogen-bond donors (Lipinski definition) is 0. The molecule has 0 aromatic rings. The van der Waals surface area contributed by atoms with Crippen LogP contribution in [0.25, 0.3) is 0 Å². The zero-order valence-corrected chi connectivity index (χ0v) is 15.8. The first kappa shape index (κ1) is 17.7. The molecule has 2 fully saturated rings. The van der Waals surface area contributed by atoms with Crippen molar-refractivity contribution in [2.75, 3.05) is 6.54 Å². The van der Waals surface area contributed by atoms with Gasteiger partial charge in [-0.05, 0) is 37.4 Å². The van der Waals surface area contributed by atoms with Crippen molar-refractivity contribution in [3.8, 4) is 0 Å². The second kappa shape index (κ2) is 7.78. The fraction of sp³-hybridized carbons (Fsp3) is 0.833. The van der Waals surface area contributed by atoms with Crippen LogP contribution in [0.1, 0.15) is 53.4 Å². The van der Waals surface area contributed by atoms with E-state index < -0.39 is 8.32 Å². The standard InChI is InChI=1S/C18H33NO2Si/c1-5-9-10-15-16-11-12-18(20)19(16)14-13-17(15)21-22(6-2,7-3)8-4/h9-10,15-17H,5-8,11-14H2,1-4H3/b10-9+/t15-,16-,17+/m0/s1. The van der Waals surface area contributed by atoms with Gasteiger partial charge in [0.1, 0.15) is 0 Å². The Labute approximate surface area is 137 Å². The monoisotopic (exact) mass is 323 g/mol. The van der Waals surface area contributed by atoms with E-state index in [1.54, 1.807) is 0 Å². The van der Waals surface area contributed by atoms with Crippen molar-refractivity contribution in [3.05, 3.63) is 12.2 Å². The van der Waals surface area contributed by atoms with Gasteiger partial charge in [0.25, 0.3) is 0 Å². The van der Waals surface area contributed by atoms with E-state index in [0.717, 1.165) is 32.2 Å². The quantitative estimate of drug-likeness (QED) is 0.515. The summed E-state index contributed by atoms with van der Waals surface area (Å²) in [6.07, 6.45) is 8.74. The van der Waals surface area contributed by atoms with Crippen LogP contribution >= 0.6 is 0 Å². The van der Waals surface area contributed by atoms with Gasteiger partial charge in [-0.15, -0.1) is 0 Å². The third-order valence-electron chi connectivity index (χ3n) is 5.83. The molecule has 2 aliphatic rings. The maximum atomic E-state index is 12.1. The van der Waals surface area contributed by atoms with Crippen molar-refractivity contribution in [1.82, 2.24) is 4.90 Å². The molecule has 0 aliphatic carbocycles. The Kier molecular flexibility index (Phi) is 6.27. The van der Waals surface area contributed by atoms with Gasteiger partial charge in [0.2, 0.25) is 5.91 Å². The molecule has 0 saturated carbocycles. The lowest BCUT2D eigenvalue weighted by Crippen LogP contribution is -2.53. The molecular formula is C18H33NO2Si. The minimum Gasteiger partial charge on any atom is -0.413 e. The first-order valence-corrected chi connectivity index (χ1v) is 11.8. The summed E-state index contributed by atoms with van der Waals surface area (Å²) in [5, 5.41) is 0. The first-order chi connectivity index (χ1) is 10.6. The van der Waals surface area contributed by atoms with Crippen LogP contribution in [0, 0.1) is 5.92 Å². The molecule has 0 aromatic carbocycles. The summed E-state index contributed by atoms with van der Waals surface area (Å²) in [6.45, 7) is 9.96. The molecule has 0 radical (unpaired) electrons. The van der Waals surface area contributed by atoms with Crippen molar-refractivity contribution < 1.29 is 9.22 Å². The van der Waals surface area contributed by atoms with Crippen LogP contribution in [-0.2, 0) is 9.22 Å². The van der Waals surface area contributed by atoms with E-state index in [1.807, 2.05) is 0 Å². The lowest BCUT2D eigenvalue weighted by atomic mass is 9.86. The smallest absolute Gasteiger partial charge is 0.222 e. The molecule has 2 rings (SSSR count). The molecule has 2 saturated heterocycles. The Bertz CT molecular complexity index is 398. The van der Waals surface area contributed by atoms with Crippen molar-refractivity contribution in [1.29, 1.82) is 0 Å². The molecular weight excluding hydrogens is 290 g/mol. The molecule has 0 bridgehead atoms. The van der Waals surface area contributed by atoms with E-state index in [4.69, 9.17) is 4.43 Å². The van der Waals surface area contributed by atoms with Crippen LogP contribution in [0.4, 0.5) is 0 Å². The van der Waals surface area contributed by atoms with Crippen molar-refractivity contribution in [2.45, 2.75) is 83.7 Å². The first-order valence-electron chi connectivity index (χ1n) is 9.24. The number of nitrogens with zero attached hydrogens (tertiary/aromatic N) is 1. The number of allylic oxidation sites excluding steroid dienone is 1. The highest BCUT2D eigenvalue weighted by molar-refractivity contribution is 6.73. The lowest BCUT2D eigenvalue weighted by Gasteiger charge is -2.44. The summed E-state index contributed by atoms with van der Waals surface area (Å²) in [4.78, 5) is 14.2. The largest absolute Gasteiger partial charge is 0.413 e. The van der Waals surface area contributed by atoms with E-state index in [2.05, 4.69) is 44.7 Å². The number of rotatable bonds is 7. The Morgan fingerprint density at radius 3 is 2.45 bits per heavy atom. The molecule has 0 aromatic heterocycles. The third-order valence-corrected chi connectivity index (χ3v) is 10.5. The van der Waals surface area contributed by atoms with Crippen LogP contribution in [0.3, 0.4) is 0 Å². The van der Waals surface area contributed by atoms with Gasteiger partial charge in [0.15, 0.2) is 8.32 Å². The van der Waals surface area contributed by atoms with Crippen LogP contribution in [0.5, 0.6) is 0 Å². The average Bonchev–Trinajstić information content (AvgIpc) is 2.93. The second-order valence-corrected chi connectivity index (χ2v) is 11.5. The lowest BCUT2D eigenvalue weighted by molar-refractivity contribution is -0.131. The molecule has 3 atom stereocenters. The fourth-order valence-corrected chi connectivity index (χ4v) is 7.07. The summed E-state index contributed by atoms with van der Waals surface area (Å²) < 4.78 is 6.83. The topological polar surface area (TPSA) is 29.5 Å². The molecule has 0 unspecified atom stereocenters. The zero-order valence-electron chi connectivity index (χ0n) is 14.8. The second-order valence-electron chi connectivity index (χ2n) is 6.80. The van der Waals surface area contributed by atoms with Gasteiger partial charge in [0, 0.05) is 24.9 Å². The number of carbonyl (C=O) groups is 1. The molecule has 1 amide bonds. The minimum atomic E-state index is -1.58. The third kappa shape index (κ3) is 3.48. The van der Waals surface area contributed by atoms with Gasteiger partial charge >= 0.3 is 0 Å². The van der Waals surface area contributed by atoms with Crippen LogP contribution < -0.4 is 0 Å².